The van der Waals surface area contributed by atoms with Crippen molar-refractivity contribution in [3.63, 3.8) is 0 Å². The molecule has 2 amide bonds. The van der Waals surface area contributed by atoms with Gasteiger partial charge in [-0.2, -0.15) is 5.10 Å². The number of nitrogens with one attached hydrogen (secondary N) is 1. The maximum atomic E-state index is 12.7. The number of carbonyl (C=O) groups excluding carboxylic acids is 3. The lowest BCUT2D eigenvalue weighted by atomic mass is 10.0. The van der Waals surface area contributed by atoms with Crippen molar-refractivity contribution >= 4 is 17.6 Å². The summed E-state index contributed by atoms with van der Waals surface area (Å²) < 4.78 is 6.40. The second-order valence-electron chi connectivity index (χ2n) is 5.55. The van der Waals surface area contributed by atoms with Gasteiger partial charge in [-0.25, -0.2) is 4.68 Å². The zero-order valence-corrected chi connectivity index (χ0v) is 13.7. The van der Waals surface area contributed by atoms with Crippen LogP contribution in [0.4, 0.5) is 0 Å². The summed E-state index contributed by atoms with van der Waals surface area (Å²) in [6.07, 6.45) is 4.43. The van der Waals surface area contributed by atoms with E-state index in [9.17, 15) is 14.4 Å². The number of primary amides is 1. The van der Waals surface area contributed by atoms with Crippen LogP contribution in [-0.2, 0) is 16.0 Å². The van der Waals surface area contributed by atoms with E-state index >= 15 is 0 Å². The lowest BCUT2D eigenvalue weighted by Gasteiger charge is -2.16. The number of amides is 2. The first-order valence-corrected chi connectivity index (χ1v) is 7.81. The van der Waals surface area contributed by atoms with Gasteiger partial charge in [0.25, 0.3) is 11.8 Å². The normalized spacial score (nSPS) is 11.7. The summed E-state index contributed by atoms with van der Waals surface area (Å²) >= 11 is 0. The Hall–Kier alpha value is -3.68. The Kier molecular flexibility index (Phi) is 4.93. The molecule has 1 unspecified atom stereocenters. The number of carbonyl (C=O) groups is 3. The van der Waals surface area contributed by atoms with Crippen molar-refractivity contribution in [2.75, 3.05) is 0 Å². The summed E-state index contributed by atoms with van der Waals surface area (Å²) in [6.45, 7) is 0. The van der Waals surface area contributed by atoms with E-state index in [1.807, 2.05) is 18.2 Å². The van der Waals surface area contributed by atoms with Gasteiger partial charge in [0.1, 0.15) is 11.7 Å². The van der Waals surface area contributed by atoms with E-state index < -0.39 is 23.6 Å². The van der Waals surface area contributed by atoms with Gasteiger partial charge < -0.3 is 15.5 Å². The van der Waals surface area contributed by atoms with Gasteiger partial charge in [-0.15, -0.1) is 0 Å². The van der Waals surface area contributed by atoms with Crippen LogP contribution in [0.2, 0.25) is 0 Å². The number of ketones is 1. The largest absolute Gasteiger partial charge is 0.472 e. The first-order valence-electron chi connectivity index (χ1n) is 7.81. The summed E-state index contributed by atoms with van der Waals surface area (Å²) in [5.74, 6) is -2.55. The second kappa shape index (κ2) is 7.47. The molecule has 0 bridgehead atoms. The van der Waals surface area contributed by atoms with Crippen LogP contribution in [0.25, 0.3) is 5.69 Å². The van der Waals surface area contributed by atoms with Crippen molar-refractivity contribution in [3.8, 4) is 5.69 Å². The number of benzene rings is 1. The average molecular weight is 352 g/mol. The lowest BCUT2D eigenvalue weighted by Crippen LogP contribution is -2.47. The van der Waals surface area contributed by atoms with E-state index in [1.54, 1.807) is 18.2 Å². The van der Waals surface area contributed by atoms with Crippen LogP contribution in [0.15, 0.2) is 65.6 Å². The number of para-hydroxylation sites is 1. The minimum atomic E-state index is -1.12. The van der Waals surface area contributed by atoms with Crippen LogP contribution < -0.4 is 11.1 Å². The third kappa shape index (κ3) is 3.69. The molecule has 132 valence electrons. The molecule has 3 aromatic rings. The van der Waals surface area contributed by atoms with Crippen molar-refractivity contribution in [2.45, 2.75) is 12.5 Å². The number of aromatic nitrogens is 2. The number of nitrogens with two attached hydrogens (primary N) is 1. The highest BCUT2D eigenvalue weighted by atomic mass is 16.3. The topological polar surface area (TPSA) is 120 Å². The average Bonchev–Trinajstić information content (AvgIpc) is 3.32. The Balaban J connectivity index is 1.83. The molecule has 0 aliphatic rings. The van der Waals surface area contributed by atoms with Crippen LogP contribution in [0.1, 0.15) is 16.1 Å². The minimum absolute atomic E-state index is 0.0868. The Labute approximate surface area is 148 Å². The molecule has 3 rings (SSSR count). The van der Waals surface area contributed by atoms with E-state index in [2.05, 4.69) is 10.4 Å². The molecule has 2 heterocycles. The standard InChI is InChI=1S/C18H16N4O4/c19-17(24)16(23)14(10-12-7-9-26-11-12)21-18(25)15-6-8-20-22(15)13-4-2-1-3-5-13/h1-9,11,14H,10H2,(H2,19,24)(H,21,25). The molecule has 0 spiro atoms. The lowest BCUT2D eigenvalue weighted by molar-refractivity contribution is -0.137. The molecule has 0 radical (unpaired) electrons. The summed E-state index contributed by atoms with van der Waals surface area (Å²) in [5.41, 5.74) is 6.67. The number of nitrogens with zero attached hydrogens (tertiary/aromatic N) is 2. The van der Waals surface area contributed by atoms with Crippen LogP contribution in [0.5, 0.6) is 0 Å². The number of hydrogen-bond acceptors (Lipinski definition) is 5. The van der Waals surface area contributed by atoms with Crippen molar-refractivity contribution in [2.24, 2.45) is 5.73 Å². The third-order valence-corrected chi connectivity index (χ3v) is 3.76. The molecule has 0 aliphatic carbocycles. The fourth-order valence-corrected chi connectivity index (χ4v) is 2.51. The summed E-state index contributed by atoms with van der Waals surface area (Å²) in [7, 11) is 0. The monoisotopic (exact) mass is 352 g/mol. The molecule has 8 heteroatoms. The van der Waals surface area contributed by atoms with Gasteiger partial charge in [0.2, 0.25) is 5.78 Å². The van der Waals surface area contributed by atoms with Crippen LogP contribution in [-0.4, -0.2) is 33.4 Å². The number of furan rings is 1. The Morgan fingerprint density at radius 1 is 1.15 bits per heavy atom. The minimum Gasteiger partial charge on any atom is -0.472 e. The van der Waals surface area contributed by atoms with Gasteiger partial charge in [0.05, 0.1) is 24.4 Å². The van der Waals surface area contributed by atoms with Crippen LogP contribution in [0, 0.1) is 0 Å². The van der Waals surface area contributed by atoms with Crippen LogP contribution >= 0.6 is 0 Å². The second-order valence-corrected chi connectivity index (χ2v) is 5.55. The molecule has 8 nitrogen and oxygen atoms in total. The van der Waals surface area contributed by atoms with Gasteiger partial charge in [0.15, 0.2) is 0 Å². The zero-order valence-electron chi connectivity index (χ0n) is 13.7. The quantitative estimate of drug-likeness (QED) is 0.611. The Morgan fingerprint density at radius 2 is 1.92 bits per heavy atom. The van der Waals surface area contributed by atoms with Gasteiger partial charge in [0, 0.05) is 6.42 Å². The fraction of sp³-hybridized carbons (Fsp3) is 0.111. The van der Waals surface area contributed by atoms with Crippen molar-refractivity contribution < 1.29 is 18.8 Å². The van der Waals surface area contributed by atoms with Gasteiger partial charge in [-0.05, 0) is 29.8 Å². The molecule has 1 atom stereocenters. The number of rotatable bonds is 7. The molecular formula is C18H16N4O4. The van der Waals surface area contributed by atoms with Crippen LogP contribution in [0.3, 0.4) is 0 Å². The van der Waals surface area contributed by atoms with E-state index in [1.165, 1.54) is 29.5 Å². The molecule has 0 saturated carbocycles. The highest BCUT2D eigenvalue weighted by molar-refractivity contribution is 6.38. The zero-order chi connectivity index (χ0) is 18.5. The molecule has 0 fully saturated rings. The van der Waals surface area contributed by atoms with E-state index in [0.717, 1.165) is 0 Å². The highest BCUT2D eigenvalue weighted by Crippen LogP contribution is 2.11. The van der Waals surface area contributed by atoms with E-state index in [0.29, 0.717) is 11.3 Å². The maximum Gasteiger partial charge on any atom is 0.287 e. The molecule has 0 aliphatic heterocycles. The SMILES string of the molecule is NC(=O)C(=O)C(Cc1ccoc1)NC(=O)c1ccnn1-c1ccccc1. The summed E-state index contributed by atoms with van der Waals surface area (Å²) in [4.78, 5) is 36.1. The maximum absolute atomic E-state index is 12.7. The summed E-state index contributed by atoms with van der Waals surface area (Å²) in [6, 6.07) is 11.1. The Morgan fingerprint density at radius 3 is 2.58 bits per heavy atom. The summed E-state index contributed by atoms with van der Waals surface area (Å²) in [5, 5.41) is 6.69. The molecular weight excluding hydrogens is 336 g/mol. The van der Waals surface area contributed by atoms with E-state index in [-0.39, 0.29) is 12.1 Å². The molecule has 0 saturated heterocycles. The predicted octanol–water partition coefficient (Wildman–Crippen LogP) is 0.861. The van der Waals surface area contributed by atoms with E-state index in [4.69, 9.17) is 10.2 Å². The van der Waals surface area contributed by atoms with Crippen molar-refractivity contribution in [1.29, 1.82) is 0 Å². The van der Waals surface area contributed by atoms with Gasteiger partial charge in [-0.3, -0.25) is 14.4 Å². The fourth-order valence-electron chi connectivity index (χ4n) is 2.51. The molecule has 1 aromatic carbocycles. The van der Waals surface area contributed by atoms with Crippen molar-refractivity contribution in [1.82, 2.24) is 15.1 Å². The number of Topliss-reactive ketones (excluding diaryl/α,β-unsaturated/α-hetero) is 1. The smallest absolute Gasteiger partial charge is 0.287 e. The predicted molar refractivity (Wildman–Crippen MR) is 91.4 cm³/mol. The van der Waals surface area contributed by atoms with Gasteiger partial charge >= 0.3 is 0 Å². The molecule has 2 aromatic heterocycles. The van der Waals surface area contributed by atoms with Gasteiger partial charge in [-0.1, -0.05) is 18.2 Å². The number of hydrogen-bond donors (Lipinski definition) is 2. The first-order chi connectivity index (χ1) is 12.6. The molecule has 26 heavy (non-hydrogen) atoms. The molecule has 3 N–H and O–H groups in total. The highest BCUT2D eigenvalue weighted by Gasteiger charge is 2.27. The van der Waals surface area contributed by atoms with Crippen molar-refractivity contribution in [3.05, 3.63) is 72.4 Å². The third-order valence-electron chi connectivity index (χ3n) is 3.76. The first kappa shape index (κ1) is 17.2. The Bertz CT molecular complexity index is 916.